The van der Waals surface area contributed by atoms with Crippen molar-refractivity contribution in [3.8, 4) is 0 Å². The second kappa shape index (κ2) is 12.2. The molecule has 0 aliphatic carbocycles. The summed E-state index contributed by atoms with van der Waals surface area (Å²) in [5.41, 5.74) is 0.799. The predicted molar refractivity (Wildman–Crippen MR) is 118 cm³/mol. The Bertz CT molecular complexity index is 691. The van der Waals surface area contributed by atoms with Crippen LogP contribution in [-0.4, -0.2) is 36.2 Å². The summed E-state index contributed by atoms with van der Waals surface area (Å²) < 4.78 is 0. The van der Waals surface area contributed by atoms with E-state index in [4.69, 9.17) is 0 Å². The molecule has 0 aliphatic heterocycles. The van der Waals surface area contributed by atoms with E-state index in [1.165, 1.54) is 12.8 Å². The number of nitrogens with zero attached hydrogens (tertiary/aromatic N) is 1. The Morgan fingerprint density at radius 1 is 1.15 bits per heavy atom. The summed E-state index contributed by atoms with van der Waals surface area (Å²) >= 11 is 3.44. The van der Waals surface area contributed by atoms with Crippen LogP contribution in [0.1, 0.15) is 50.4 Å². The second-order valence-electron chi connectivity index (χ2n) is 6.98. The molecule has 0 saturated carbocycles. The summed E-state index contributed by atoms with van der Waals surface area (Å²) in [5, 5.41) is 2.96. The maximum absolute atomic E-state index is 13.1. The van der Waals surface area contributed by atoms with Crippen molar-refractivity contribution in [2.75, 3.05) is 25.5 Å². The molecule has 1 rings (SSSR count). The normalized spacial score (nSPS) is 14.3. The van der Waals surface area contributed by atoms with Crippen LogP contribution in [0.5, 0.6) is 0 Å². The quantitative estimate of drug-likeness (QED) is 0.391. The maximum atomic E-state index is 13.1. The molecule has 0 spiro atoms. The minimum Gasteiger partial charge on any atom is -0.305 e. The molecule has 0 aliphatic rings. The highest BCUT2D eigenvalue weighted by Crippen LogP contribution is 2.15. The lowest BCUT2D eigenvalue weighted by atomic mass is 9.93. The SMILES string of the molecule is C=C/C=c1/cc(C(=O)C(CC)CN(C)CC(CC)CC)cc/c1=C/CBr. The van der Waals surface area contributed by atoms with Gasteiger partial charge < -0.3 is 4.90 Å². The highest BCUT2D eigenvalue weighted by molar-refractivity contribution is 9.09. The highest BCUT2D eigenvalue weighted by Gasteiger charge is 2.21. The molecule has 0 bridgehead atoms. The molecule has 0 heterocycles. The molecule has 0 aromatic heterocycles. The van der Waals surface area contributed by atoms with Crippen LogP contribution in [0.2, 0.25) is 0 Å². The third kappa shape index (κ3) is 6.85. The Balaban J connectivity index is 3.01. The van der Waals surface area contributed by atoms with Gasteiger partial charge in [-0.2, -0.15) is 0 Å². The number of halogens is 1. The van der Waals surface area contributed by atoms with Gasteiger partial charge in [0.2, 0.25) is 0 Å². The molecule has 1 aromatic carbocycles. The van der Waals surface area contributed by atoms with Gasteiger partial charge in [0, 0.05) is 29.9 Å². The fourth-order valence-corrected chi connectivity index (χ4v) is 3.69. The molecule has 2 nitrogen and oxygen atoms in total. The lowest BCUT2D eigenvalue weighted by Gasteiger charge is -2.26. The van der Waals surface area contributed by atoms with Crippen molar-refractivity contribution in [2.45, 2.75) is 40.0 Å². The Morgan fingerprint density at radius 2 is 1.85 bits per heavy atom. The van der Waals surface area contributed by atoms with Gasteiger partial charge in [-0.25, -0.2) is 0 Å². The van der Waals surface area contributed by atoms with Crippen molar-refractivity contribution in [2.24, 2.45) is 11.8 Å². The molecular formula is C23H34BrNO. The van der Waals surface area contributed by atoms with Crippen LogP contribution in [0.15, 0.2) is 30.9 Å². The van der Waals surface area contributed by atoms with Gasteiger partial charge in [0.25, 0.3) is 0 Å². The maximum Gasteiger partial charge on any atom is 0.167 e. The summed E-state index contributed by atoms with van der Waals surface area (Å²) in [6.45, 7) is 12.3. The Hall–Kier alpha value is -1.19. The molecule has 0 fully saturated rings. The third-order valence-electron chi connectivity index (χ3n) is 5.09. The van der Waals surface area contributed by atoms with Crippen LogP contribution in [-0.2, 0) is 0 Å². The molecule has 144 valence electrons. The van der Waals surface area contributed by atoms with Crippen LogP contribution in [0.25, 0.3) is 12.2 Å². The van der Waals surface area contributed by atoms with E-state index in [-0.39, 0.29) is 11.7 Å². The lowest BCUT2D eigenvalue weighted by Crippen LogP contribution is -2.34. The lowest BCUT2D eigenvalue weighted by molar-refractivity contribution is 0.0879. The fraction of sp³-hybridized carbons (Fsp3) is 0.522. The second-order valence-corrected chi connectivity index (χ2v) is 7.63. The van der Waals surface area contributed by atoms with Crippen molar-refractivity contribution in [1.82, 2.24) is 4.90 Å². The molecule has 1 atom stereocenters. The first-order valence-electron chi connectivity index (χ1n) is 9.72. The number of rotatable bonds is 11. The van der Waals surface area contributed by atoms with Crippen LogP contribution in [0.3, 0.4) is 0 Å². The van der Waals surface area contributed by atoms with Gasteiger partial charge in [-0.15, -0.1) is 0 Å². The Labute approximate surface area is 167 Å². The number of Topliss-reactive ketones (excluding diaryl/α,β-unsaturated/α-hetero) is 1. The number of hydrogen-bond acceptors (Lipinski definition) is 2. The largest absolute Gasteiger partial charge is 0.305 e. The van der Waals surface area contributed by atoms with Gasteiger partial charge >= 0.3 is 0 Å². The predicted octanol–water partition coefficient (Wildman–Crippen LogP) is 4.41. The Morgan fingerprint density at radius 3 is 2.38 bits per heavy atom. The number of benzene rings is 1. The summed E-state index contributed by atoms with van der Waals surface area (Å²) in [5.74, 6) is 0.991. The smallest absolute Gasteiger partial charge is 0.167 e. The van der Waals surface area contributed by atoms with Crippen LogP contribution in [0.4, 0.5) is 0 Å². The van der Waals surface area contributed by atoms with Crippen LogP contribution < -0.4 is 10.4 Å². The Kier molecular flexibility index (Phi) is 10.8. The van der Waals surface area contributed by atoms with Crippen LogP contribution >= 0.6 is 15.9 Å². The minimum atomic E-state index is 0.0388. The van der Waals surface area contributed by atoms with Gasteiger partial charge in [0.05, 0.1) is 0 Å². The third-order valence-corrected chi connectivity index (χ3v) is 5.41. The van der Waals surface area contributed by atoms with E-state index in [1.807, 2.05) is 24.3 Å². The first-order chi connectivity index (χ1) is 12.5. The summed E-state index contributed by atoms with van der Waals surface area (Å²) in [6, 6.07) is 5.99. The molecule has 1 aromatic rings. The first-order valence-corrected chi connectivity index (χ1v) is 10.8. The molecule has 1 unspecified atom stereocenters. The van der Waals surface area contributed by atoms with E-state index < -0.39 is 0 Å². The van der Waals surface area contributed by atoms with E-state index in [0.29, 0.717) is 5.92 Å². The van der Waals surface area contributed by atoms with E-state index >= 15 is 0 Å². The molecule has 3 heteroatoms. The van der Waals surface area contributed by atoms with Gasteiger partial charge in [0.1, 0.15) is 0 Å². The highest BCUT2D eigenvalue weighted by atomic mass is 79.9. The van der Waals surface area contributed by atoms with Crippen molar-refractivity contribution in [3.05, 3.63) is 46.9 Å². The summed E-state index contributed by atoms with van der Waals surface area (Å²) in [7, 11) is 2.14. The van der Waals surface area contributed by atoms with E-state index in [1.54, 1.807) is 6.08 Å². The van der Waals surface area contributed by atoms with Gasteiger partial charge in [-0.1, -0.05) is 86.5 Å². The van der Waals surface area contributed by atoms with E-state index in [0.717, 1.165) is 40.8 Å². The zero-order chi connectivity index (χ0) is 19.5. The standard InChI is InChI=1S/C23H34BrNO/c1-6-10-21-15-22(12-11-20(21)13-14-24)23(26)19(9-4)17-25(5)16-18(7-2)8-3/h6,10-13,15,18-19H,1,7-9,14,16-17H2,2-5H3/b20-13-,21-10-. The fourth-order valence-electron chi connectivity index (χ4n) is 3.34. The van der Waals surface area contributed by atoms with Gasteiger partial charge in [-0.05, 0) is 35.9 Å². The topological polar surface area (TPSA) is 20.3 Å². The number of ketones is 1. The number of hydrogen-bond donors (Lipinski definition) is 0. The summed E-state index contributed by atoms with van der Waals surface area (Å²) in [6.07, 6.45) is 9.09. The molecule has 0 N–H and O–H groups in total. The van der Waals surface area contributed by atoms with Gasteiger partial charge in [-0.3, -0.25) is 4.79 Å². The van der Waals surface area contributed by atoms with Gasteiger partial charge in [0.15, 0.2) is 5.78 Å². The molecular weight excluding hydrogens is 386 g/mol. The molecule has 0 amide bonds. The summed E-state index contributed by atoms with van der Waals surface area (Å²) in [4.78, 5) is 15.4. The molecule has 0 radical (unpaired) electrons. The van der Waals surface area contributed by atoms with Crippen molar-refractivity contribution >= 4 is 33.9 Å². The van der Waals surface area contributed by atoms with Crippen molar-refractivity contribution in [3.63, 3.8) is 0 Å². The molecule has 26 heavy (non-hydrogen) atoms. The van der Waals surface area contributed by atoms with E-state index in [2.05, 4.69) is 61.3 Å². The van der Waals surface area contributed by atoms with E-state index in [9.17, 15) is 4.79 Å². The number of carbonyl (C=O) groups is 1. The number of carbonyl (C=O) groups excluding carboxylic acids is 1. The monoisotopic (exact) mass is 419 g/mol. The average Bonchev–Trinajstić information content (AvgIpc) is 2.65. The number of allylic oxidation sites excluding steroid dienone is 1. The van der Waals surface area contributed by atoms with Crippen LogP contribution in [0, 0.1) is 11.8 Å². The van der Waals surface area contributed by atoms with Crippen molar-refractivity contribution in [1.29, 1.82) is 0 Å². The zero-order valence-electron chi connectivity index (χ0n) is 16.8. The number of alkyl halides is 1. The van der Waals surface area contributed by atoms with Crippen molar-refractivity contribution < 1.29 is 4.79 Å². The first kappa shape index (κ1) is 22.9. The average molecular weight is 420 g/mol. The molecule has 0 saturated heterocycles. The minimum absolute atomic E-state index is 0.0388. The zero-order valence-corrected chi connectivity index (χ0v) is 18.4.